The first-order valence-corrected chi connectivity index (χ1v) is 2.33. The van der Waals surface area contributed by atoms with Crippen LogP contribution in [0.15, 0.2) is 13.6 Å². The second-order valence-corrected chi connectivity index (χ2v) is 1.33. The van der Waals surface area contributed by atoms with Crippen molar-refractivity contribution in [1.82, 2.24) is 0 Å². The van der Waals surface area contributed by atoms with Crippen LogP contribution in [0.25, 0.3) is 0 Å². The molecule has 0 bridgehead atoms. The van der Waals surface area contributed by atoms with E-state index in [1.807, 2.05) is 6.92 Å². The monoisotopic (exact) mass is 300 g/mol. The fourth-order valence-corrected chi connectivity index (χ4v) is 0.385. The molecule has 9 heavy (non-hydrogen) atoms. The van der Waals surface area contributed by atoms with Gasteiger partial charge in [0.1, 0.15) is 0 Å². The normalized spacial score (nSPS) is 8.56. The Bertz CT molecular complexity index is 212. The fraction of sp³-hybridized carbons (Fsp3) is 0.400. The predicted octanol–water partition coefficient (Wildman–Crippen LogP) is 0.593. The van der Waals surface area contributed by atoms with Gasteiger partial charge in [-0.25, -0.2) is 0 Å². The molecule has 0 N–H and O–H groups in total. The summed E-state index contributed by atoms with van der Waals surface area (Å²) >= 11 is 0. The summed E-state index contributed by atoms with van der Waals surface area (Å²) in [6.07, 6.45) is 2.95. The van der Waals surface area contributed by atoms with E-state index < -0.39 is 5.82 Å². The van der Waals surface area contributed by atoms with E-state index in [1.54, 1.807) is 0 Å². The molecule has 0 fully saturated rings. The van der Waals surface area contributed by atoms with Crippen molar-refractivity contribution < 1.29 is 29.3 Å². The van der Waals surface area contributed by atoms with Crippen LogP contribution in [-0.2, 0) is 26.8 Å². The molecule has 4 heteroatoms. The first kappa shape index (κ1) is 8.67. The molecule has 0 aliphatic heterocycles. The Morgan fingerprint density at radius 2 is 2.33 bits per heavy atom. The summed E-state index contributed by atoms with van der Waals surface area (Å²) < 4.78 is 8.66. The van der Waals surface area contributed by atoms with Gasteiger partial charge in [0.2, 0.25) is 0 Å². The van der Waals surface area contributed by atoms with E-state index in [4.69, 9.17) is 0 Å². The minimum atomic E-state index is -0.679. The van der Waals surface area contributed by atoms with Gasteiger partial charge in [0.05, 0.1) is 0 Å². The molecule has 1 heterocycles. The van der Waals surface area contributed by atoms with E-state index in [0.29, 0.717) is 12.2 Å². The van der Waals surface area contributed by atoms with Crippen molar-refractivity contribution in [3.8, 4) is 0 Å². The SMILES string of the molecule is CCc1[c-]oc(=O)o1.[Re]. The van der Waals surface area contributed by atoms with Gasteiger partial charge in [-0.3, -0.25) is 0 Å². The molecule has 1 radical (unpaired) electrons. The summed E-state index contributed by atoms with van der Waals surface area (Å²) in [5.41, 5.74) is 0. The Hall–Kier alpha value is -0.328. The second-order valence-electron chi connectivity index (χ2n) is 1.33. The Balaban J connectivity index is 0.000000640. The van der Waals surface area contributed by atoms with Gasteiger partial charge in [-0.05, 0) is 12.7 Å². The van der Waals surface area contributed by atoms with Gasteiger partial charge >= 0.3 is 5.82 Å². The molecule has 1 aromatic rings. The first-order chi connectivity index (χ1) is 3.83. The van der Waals surface area contributed by atoms with Crippen molar-refractivity contribution in [2.45, 2.75) is 13.3 Å². The maximum Gasteiger partial charge on any atom is 0.345 e. The average Bonchev–Trinajstić information content (AvgIpc) is 2.14. The van der Waals surface area contributed by atoms with Gasteiger partial charge in [-0.15, -0.1) is 0 Å². The summed E-state index contributed by atoms with van der Waals surface area (Å²) in [6, 6.07) is 0. The van der Waals surface area contributed by atoms with Gasteiger partial charge in [0.25, 0.3) is 0 Å². The molecule has 1 rings (SSSR count). The third-order valence-corrected chi connectivity index (χ3v) is 0.776. The van der Waals surface area contributed by atoms with Crippen LogP contribution in [0.2, 0.25) is 0 Å². The molecule has 0 amide bonds. The number of aryl methyl sites for hydroxylation is 1. The third-order valence-electron chi connectivity index (χ3n) is 0.776. The molecule has 1 aromatic heterocycles. The largest absolute Gasteiger partial charge is 0.585 e. The molecule has 0 saturated heterocycles. The summed E-state index contributed by atoms with van der Waals surface area (Å²) in [5.74, 6) is -0.211. The second kappa shape index (κ2) is 3.65. The molecular weight excluding hydrogens is 294 g/mol. The minimum absolute atomic E-state index is 0. The Labute approximate surface area is 65.7 Å². The molecule has 0 aliphatic rings. The number of hydrogen-bond acceptors (Lipinski definition) is 3. The van der Waals surface area contributed by atoms with Crippen LogP contribution in [0, 0.1) is 6.26 Å². The molecule has 0 atom stereocenters. The van der Waals surface area contributed by atoms with Crippen molar-refractivity contribution in [3.05, 3.63) is 22.6 Å². The fourth-order valence-electron chi connectivity index (χ4n) is 0.385. The Morgan fingerprint density at radius 3 is 2.56 bits per heavy atom. The van der Waals surface area contributed by atoms with Crippen LogP contribution in [0.5, 0.6) is 0 Å². The van der Waals surface area contributed by atoms with E-state index in [-0.39, 0.29) is 20.4 Å². The smallest absolute Gasteiger partial charge is 0.345 e. The third kappa shape index (κ3) is 2.17. The molecule has 0 aromatic carbocycles. The van der Waals surface area contributed by atoms with Crippen LogP contribution in [0.3, 0.4) is 0 Å². The maximum atomic E-state index is 10.1. The van der Waals surface area contributed by atoms with Crippen LogP contribution < -0.4 is 5.82 Å². The van der Waals surface area contributed by atoms with E-state index >= 15 is 0 Å². The zero-order valence-electron chi connectivity index (χ0n) is 4.81. The van der Waals surface area contributed by atoms with Crippen molar-refractivity contribution in [2.75, 3.05) is 0 Å². The molecule has 0 unspecified atom stereocenters. The maximum absolute atomic E-state index is 10.1. The molecule has 0 saturated carbocycles. The Kier molecular flexibility index (Phi) is 3.52. The standard InChI is InChI=1S/C5H5O3.Re/c1-2-4-3-7-5(6)8-4;/h2H2,1H3;/q-1;. The van der Waals surface area contributed by atoms with Gasteiger partial charge in [0, 0.05) is 26.2 Å². The van der Waals surface area contributed by atoms with Crippen LogP contribution in [0.1, 0.15) is 12.7 Å². The molecular formula is C5H5O3Re-. The van der Waals surface area contributed by atoms with Crippen LogP contribution in [0.4, 0.5) is 0 Å². The zero-order valence-corrected chi connectivity index (χ0v) is 7.53. The number of rotatable bonds is 1. The molecule has 0 aliphatic carbocycles. The minimum Gasteiger partial charge on any atom is -0.585 e. The van der Waals surface area contributed by atoms with E-state index in [0.717, 1.165) is 0 Å². The molecule has 3 nitrogen and oxygen atoms in total. The molecule has 51 valence electrons. The van der Waals surface area contributed by atoms with E-state index in [9.17, 15) is 4.79 Å². The van der Waals surface area contributed by atoms with Gasteiger partial charge in [-0.1, -0.05) is 6.92 Å². The zero-order chi connectivity index (χ0) is 5.98. The van der Waals surface area contributed by atoms with Gasteiger partial charge in [0.15, 0.2) is 0 Å². The van der Waals surface area contributed by atoms with Crippen LogP contribution in [-0.4, -0.2) is 0 Å². The van der Waals surface area contributed by atoms with Gasteiger partial charge < -0.3 is 13.6 Å². The summed E-state index contributed by atoms with van der Waals surface area (Å²) in [7, 11) is 0. The predicted molar refractivity (Wildman–Crippen MR) is 25.5 cm³/mol. The first-order valence-electron chi connectivity index (χ1n) is 2.33. The van der Waals surface area contributed by atoms with Crippen molar-refractivity contribution in [2.24, 2.45) is 0 Å². The topological polar surface area (TPSA) is 43.4 Å². The molecule has 0 spiro atoms. The van der Waals surface area contributed by atoms with E-state index in [2.05, 4.69) is 15.1 Å². The Morgan fingerprint density at radius 1 is 1.67 bits per heavy atom. The van der Waals surface area contributed by atoms with Crippen molar-refractivity contribution >= 4 is 0 Å². The van der Waals surface area contributed by atoms with Crippen LogP contribution >= 0.6 is 0 Å². The number of hydrogen-bond donors (Lipinski definition) is 0. The quantitative estimate of drug-likeness (QED) is 0.713. The van der Waals surface area contributed by atoms with Crippen molar-refractivity contribution in [3.63, 3.8) is 0 Å². The van der Waals surface area contributed by atoms with Crippen molar-refractivity contribution in [1.29, 1.82) is 0 Å². The summed E-state index contributed by atoms with van der Waals surface area (Å²) in [6.45, 7) is 1.85. The summed E-state index contributed by atoms with van der Waals surface area (Å²) in [5, 5.41) is 0. The van der Waals surface area contributed by atoms with Gasteiger partial charge in [-0.2, -0.15) is 0 Å². The van der Waals surface area contributed by atoms with E-state index in [1.165, 1.54) is 0 Å². The average molecular weight is 299 g/mol. The summed E-state index contributed by atoms with van der Waals surface area (Å²) in [4.78, 5) is 10.1.